The molecule has 0 amide bonds. The summed E-state index contributed by atoms with van der Waals surface area (Å²) in [5, 5.41) is 1.15. The lowest BCUT2D eigenvalue weighted by Crippen LogP contribution is -2.05. The van der Waals surface area contributed by atoms with Crippen LogP contribution in [-0.2, 0) is 0 Å². The van der Waals surface area contributed by atoms with Crippen LogP contribution >= 0.6 is 23.4 Å². The molecule has 114 valence electrons. The molecule has 0 atom stereocenters. The minimum Gasteiger partial charge on any atom is -0.480 e. The summed E-state index contributed by atoms with van der Waals surface area (Å²) in [5.74, 6) is 0.145. The maximum atomic E-state index is 12.6. The average molecular weight is 334 g/mol. The number of pyridine rings is 1. The third kappa shape index (κ3) is 3.28. The Balaban J connectivity index is 1.86. The largest absolute Gasteiger partial charge is 0.480 e. The van der Waals surface area contributed by atoms with Crippen molar-refractivity contribution in [3.8, 4) is 5.88 Å². The first-order valence-electron chi connectivity index (χ1n) is 7.11. The zero-order valence-electron chi connectivity index (χ0n) is 12.4. The Bertz CT molecular complexity index is 729. The molecule has 3 nitrogen and oxygen atoms in total. The van der Waals surface area contributed by atoms with E-state index in [0.717, 1.165) is 10.8 Å². The molecule has 1 heterocycles. The Kier molecular flexibility index (Phi) is 4.41. The quantitative estimate of drug-likeness (QED) is 0.753. The molecule has 1 aromatic carbocycles. The topological polar surface area (TPSA) is 39.2 Å². The summed E-state index contributed by atoms with van der Waals surface area (Å²) in [6, 6.07) is 9.07. The molecule has 0 saturated heterocycles. The highest BCUT2D eigenvalue weighted by Gasteiger charge is 2.23. The van der Waals surface area contributed by atoms with Crippen molar-refractivity contribution in [1.29, 1.82) is 0 Å². The van der Waals surface area contributed by atoms with E-state index >= 15 is 0 Å². The molecule has 1 aliphatic rings. The van der Waals surface area contributed by atoms with Gasteiger partial charge < -0.3 is 4.74 Å². The molecule has 1 aliphatic carbocycles. The van der Waals surface area contributed by atoms with Gasteiger partial charge in [-0.1, -0.05) is 11.6 Å². The van der Waals surface area contributed by atoms with E-state index in [1.807, 2.05) is 36.9 Å². The lowest BCUT2D eigenvalue weighted by molar-refractivity contribution is 0.103. The van der Waals surface area contributed by atoms with E-state index in [9.17, 15) is 4.79 Å². The number of ketones is 1. The first-order valence-corrected chi connectivity index (χ1v) is 8.37. The number of aromatic nitrogens is 1. The second kappa shape index (κ2) is 6.31. The Morgan fingerprint density at radius 3 is 2.73 bits per heavy atom. The Hall–Kier alpha value is -1.52. The molecule has 0 spiro atoms. The van der Waals surface area contributed by atoms with Gasteiger partial charge in [-0.25, -0.2) is 4.98 Å². The summed E-state index contributed by atoms with van der Waals surface area (Å²) >= 11 is 7.84. The van der Waals surface area contributed by atoms with Crippen molar-refractivity contribution in [1.82, 2.24) is 4.98 Å². The van der Waals surface area contributed by atoms with E-state index in [2.05, 4.69) is 4.98 Å². The van der Waals surface area contributed by atoms with Gasteiger partial charge in [-0.3, -0.25) is 4.79 Å². The number of ether oxygens (including phenoxy) is 1. The van der Waals surface area contributed by atoms with Crippen molar-refractivity contribution in [3.63, 3.8) is 0 Å². The highest BCUT2D eigenvalue weighted by molar-refractivity contribution is 8.00. The van der Waals surface area contributed by atoms with E-state index in [4.69, 9.17) is 16.3 Å². The van der Waals surface area contributed by atoms with Gasteiger partial charge in [0, 0.05) is 15.7 Å². The highest BCUT2D eigenvalue weighted by Crippen LogP contribution is 2.40. The summed E-state index contributed by atoms with van der Waals surface area (Å²) in [6.07, 6.45) is 2.58. The molecular formula is C17H16ClNO2S. The Morgan fingerprint density at radius 2 is 2.09 bits per heavy atom. The fourth-order valence-electron chi connectivity index (χ4n) is 2.13. The molecule has 1 aromatic heterocycles. The molecule has 0 N–H and O–H groups in total. The molecule has 3 rings (SSSR count). The van der Waals surface area contributed by atoms with Crippen LogP contribution in [0.15, 0.2) is 35.2 Å². The van der Waals surface area contributed by atoms with Crippen LogP contribution in [-0.4, -0.2) is 23.1 Å². The van der Waals surface area contributed by atoms with Gasteiger partial charge in [0.05, 0.1) is 7.11 Å². The number of hydrogen-bond acceptors (Lipinski definition) is 4. The van der Waals surface area contributed by atoms with E-state index in [1.54, 1.807) is 12.1 Å². The van der Waals surface area contributed by atoms with Crippen LogP contribution in [0.2, 0.25) is 5.02 Å². The van der Waals surface area contributed by atoms with Gasteiger partial charge in [0.2, 0.25) is 11.7 Å². The lowest BCUT2D eigenvalue weighted by atomic mass is 10.1. The molecule has 5 heteroatoms. The molecule has 1 fully saturated rings. The van der Waals surface area contributed by atoms with Crippen LogP contribution in [0.5, 0.6) is 5.88 Å². The predicted molar refractivity (Wildman–Crippen MR) is 89.3 cm³/mol. The minimum absolute atomic E-state index is 0.124. The second-order valence-electron chi connectivity index (χ2n) is 5.31. The van der Waals surface area contributed by atoms with Crippen LogP contribution in [0, 0.1) is 6.92 Å². The van der Waals surface area contributed by atoms with Crippen LogP contribution < -0.4 is 4.74 Å². The maximum absolute atomic E-state index is 12.6. The molecular weight excluding hydrogens is 318 g/mol. The number of nitrogens with zero attached hydrogens (tertiary/aromatic N) is 1. The normalized spacial score (nSPS) is 14.0. The summed E-state index contributed by atoms with van der Waals surface area (Å²) in [5.41, 5.74) is 2.10. The van der Waals surface area contributed by atoms with Gasteiger partial charge in [0.1, 0.15) is 10.7 Å². The number of carbonyl (C=O) groups is 1. The zero-order chi connectivity index (χ0) is 15.7. The fraction of sp³-hybridized carbons (Fsp3) is 0.294. The Labute approximate surface area is 139 Å². The highest BCUT2D eigenvalue weighted by atomic mass is 35.5. The number of carbonyl (C=O) groups excluding carboxylic acids is 1. The van der Waals surface area contributed by atoms with Crippen molar-refractivity contribution in [2.75, 3.05) is 7.11 Å². The average Bonchev–Trinajstić information content (AvgIpc) is 3.33. The van der Waals surface area contributed by atoms with E-state index < -0.39 is 0 Å². The van der Waals surface area contributed by atoms with Gasteiger partial charge in [0.15, 0.2) is 0 Å². The summed E-state index contributed by atoms with van der Waals surface area (Å²) in [6.45, 7) is 2.04. The smallest absolute Gasteiger partial charge is 0.232 e. The number of benzene rings is 1. The van der Waals surface area contributed by atoms with Gasteiger partial charge in [-0.05, 0) is 55.7 Å². The van der Waals surface area contributed by atoms with Crippen LogP contribution in [0.25, 0.3) is 0 Å². The number of hydrogen-bond donors (Lipinski definition) is 0. The number of methoxy groups -OCH3 is 1. The van der Waals surface area contributed by atoms with Gasteiger partial charge >= 0.3 is 0 Å². The van der Waals surface area contributed by atoms with E-state index in [-0.39, 0.29) is 11.7 Å². The number of thioether (sulfide) groups is 1. The molecule has 0 aliphatic heterocycles. The molecule has 0 unspecified atom stereocenters. The number of rotatable bonds is 5. The molecule has 2 aromatic rings. The van der Waals surface area contributed by atoms with Crippen molar-refractivity contribution in [2.24, 2.45) is 0 Å². The zero-order valence-corrected chi connectivity index (χ0v) is 14.0. The summed E-state index contributed by atoms with van der Waals surface area (Å²) in [7, 11) is 1.48. The van der Waals surface area contributed by atoms with Crippen molar-refractivity contribution in [3.05, 3.63) is 52.2 Å². The standard InChI is InChI=1S/C17H16ClNO2S/c1-10-9-11(3-8-15(10)22-12-4-5-12)16(20)14-7-6-13(18)17(19-14)21-2/h3,6-9,12H,4-5H2,1-2H3. The molecule has 0 radical (unpaired) electrons. The minimum atomic E-state index is -0.124. The van der Waals surface area contributed by atoms with Crippen molar-refractivity contribution in [2.45, 2.75) is 29.9 Å². The predicted octanol–water partition coefficient (Wildman–Crippen LogP) is 4.54. The van der Waals surface area contributed by atoms with E-state index in [0.29, 0.717) is 16.3 Å². The first kappa shape index (κ1) is 15.4. The van der Waals surface area contributed by atoms with Crippen LogP contribution in [0.3, 0.4) is 0 Å². The second-order valence-corrected chi connectivity index (χ2v) is 7.06. The molecule has 22 heavy (non-hydrogen) atoms. The fourth-order valence-corrected chi connectivity index (χ4v) is 3.43. The first-order chi connectivity index (χ1) is 10.6. The SMILES string of the molecule is COc1nc(C(=O)c2ccc(SC3CC3)c(C)c2)ccc1Cl. The summed E-state index contributed by atoms with van der Waals surface area (Å²) < 4.78 is 5.07. The Morgan fingerprint density at radius 1 is 1.32 bits per heavy atom. The van der Waals surface area contributed by atoms with Crippen LogP contribution in [0.1, 0.15) is 34.5 Å². The van der Waals surface area contributed by atoms with Gasteiger partial charge in [-0.15, -0.1) is 11.8 Å². The van der Waals surface area contributed by atoms with Crippen molar-refractivity contribution < 1.29 is 9.53 Å². The lowest BCUT2D eigenvalue weighted by Gasteiger charge is -2.08. The van der Waals surface area contributed by atoms with Crippen molar-refractivity contribution >= 4 is 29.1 Å². The van der Waals surface area contributed by atoms with Crippen LogP contribution in [0.4, 0.5) is 0 Å². The monoisotopic (exact) mass is 333 g/mol. The van der Waals surface area contributed by atoms with E-state index in [1.165, 1.54) is 24.8 Å². The molecule has 1 saturated carbocycles. The van der Waals surface area contributed by atoms with Gasteiger partial charge in [-0.2, -0.15) is 0 Å². The number of halogens is 1. The third-order valence-electron chi connectivity index (χ3n) is 3.49. The number of aryl methyl sites for hydroxylation is 1. The third-order valence-corrected chi connectivity index (χ3v) is 5.30. The maximum Gasteiger partial charge on any atom is 0.232 e. The molecule has 0 bridgehead atoms. The van der Waals surface area contributed by atoms with Gasteiger partial charge in [0.25, 0.3) is 0 Å². The summed E-state index contributed by atoms with van der Waals surface area (Å²) in [4.78, 5) is 18.0.